The number of carbonyl (C=O) groups excluding carboxylic acids is 1. The molecule has 3 rings (SSSR count). The van der Waals surface area contributed by atoms with Gasteiger partial charge in [0, 0.05) is 30.0 Å². The summed E-state index contributed by atoms with van der Waals surface area (Å²) in [6, 6.07) is 6.36. The number of rotatable bonds is 9. The van der Waals surface area contributed by atoms with Crippen LogP contribution in [0.5, 0.6) is 0 Å². The Labute approximate surface area is 174 Å². The zero-order valence-electron chi connectivity index (χ0n) is 16.6. The smallest absolute Gasteiger partial charge is 0.230 e. The molecule has 1 amide bonds. The average molecular weight is 415 g/mol. The monoisotopic (exact) mass is 414 g/mol. The highest BCUT2D eigenvalue weighted by atomic mass is 32.2. The maximum atomic E-state index is 12.2. The number of benzene rings is 1. The second-order valence-electron chi connectivity index (χ2n) is 6.85. The fourth-order valence-electron chi connectivity index (χ4n) is 2.89. The molecule has 0 atom stereocenters. The molecule has 0 saturated carbocycles. The molecular weight excluding hydrogens is 388 g/mol. The van der Waals surface area contributed by atoms with Gasteiger partial charge in [0.1, 0.15) is 0 Å². The normalized spacial score (nSPS) is 11.0. The van der Waals surface area contributed by atoms with Crippen LogP contribution in [0.15, 0.2) is 41.1 Å². The van der Waals surface area contributed by atoms with Gasteiger partial charge in [-0.25, -0.2) is 9.97 Å². The Balaban J connectivity index is 1.43. The lowest BCUT2D eigenvalue weighted by molar-refractivity contribution is -0.118. The Bertz CT molecular complexity index is 932. The van der Waals surface area contributed by atoms with E-state index >= 15 is 0 Å². The van der Waals surface area contributed by atoms with Crippen molar-refractivity contribution in [2.75, 3.05) is 12.3 Å². The summed E-state index contributed by atoms with van der Waals surface area (Å²) in [6.07, 6.45) is 6.71. The molecule has 2 aromatic heterocycles. The van der Waals surface area contributed by atoms with Crippen LogP contribution in [-0.4, -0.2) is 32.7 Å². The molecule has 0 radical (unpaired) electrons. The van der Waals surface area contributed by atoms with Crippen LogP contribution in [0.25, 0.3) is 5.69 Å². The molecule has 1 aromatic carbocycles. The Morgan fingerprint density at radius 1 is 1.25 bits per heavy atom. The Morgan fingerprint density at radius 2 is 2.11 bits per heavy atom. The standard InChI is InChI=1S/C21H26N4OS2/c1-15-7-8-16(2)18(12-15)25-11-10-23-21(25)28-14-19(26)22-9-5-4-6-20-24-17(3)13-27-20/h7-8,10-13H,4-6,9,14H2,1-3H3,(H,22,26). The van der Waals surface area contributed by atoms with E-state index in [4.69, 9.17) is 0 Å². The summed E-state index contributed by atoms with van der Waals surface area (Å²) >= 11 is 3.18. The fraction of sp³-hybridized carbons (Fsp3) is 0.381. The number of imidazole rings is 1. The molecule has 0 bridgehead atoms. The molecule has 0 spiro atoms. The highest BCUT2D eigenvalue weighted by Crippen LogP contribution is 2.23. The zero-order chi connectivity index (χ0) is 19.9. The van der Waals surface area contributed by atoms with E-state index in [0.29, 0.717) is 12.3 Å². The van der Waals surface area contributed by atoms with Crippen LogP contribution in [0, 0.1) is 20.8 Å². The van der Waals surface area contributed by atoms with E-state index in [1.165, 1.54) is 27.9 Å². The summed E-state index contributed by atoms with van der Waals surface area (Å²) in [5.41, 5.74) is 4.59. The van der Waals surface area contributed by atoms with Gasteiger partial charge in [0.15, 0.2) is 5.16 Å². The van der Waals surface area contributed by atoms with Crippen molar-refractivity contribution in [1.29, 1.82) is 0 Å². The van der Waals surface area contributed by atoms with E-state index in [-0.39, 0.29) is 5.91 Å². The van der Waals surface area contributed by atoms with Crippen LogP contribution in [0.4, 0.5) is 0 Å². The molecule has 0 aliphatic heterocycles. The summed E-state index contributed by atoms with van der Waals surface area (Å²) in [5, 5.41) is 7.10. The summed E-state index contributed by atoms with van der Waals surface area (Å²) < 4.78 is 2.05. The molecule has 0 aliphatic carbocycles. The molecule has 0 fully saturated rings. The SMILES string of the molecule is Cc1ccc(C)c(-n2ccnc2SCC(=O)NCCCCc2nc(C)cs2)c1. The minimum absolute atomic E-state index is 0.0469. The van der Waals surface area contributed by atoms with Crippen molar-refractivity contribution < 1.29 is 4.79 Å². The fourth-order valence-corrected chi connectivity index (χ4v) is 4.50. The van der Waals surface area contributed by atoms with Crippen LogP contribution < -0.4 is 5.32 Å². The maximum absolute atomic E-state index is 12.2. The van der Waals surface area contributed by atoms with Crippen molar-refractivity contribution in [2.45, 2.75) is 45.2 Å². The van der Waals surface area contributed by atoms with Gasteiger partial charge in [-0.15, -0.1) is 11.3 Å². The van der Waals surface area contributed by atoms with Gasteiger partial charge in [0.05, 0.1) is 16.4 Å². The topological polar surface area (TPSA) is 59.8 Å². The van der Waals surface area contributed by atoms with E-state index in [1.54, 1.807) is 17.5 Å². The number of hydrogen-bond donors (Lipinski definition) is 1. The molecule has 0 unspecified atom stereocenters. The minimum Gasteiger partial charge on any atom is -0.355 e. The number of thiazole rings is 1. The Morgan fingerprint density at radius 3 is 2.89 bits per heavy atom. The van der Waals surface area contributed by atoms with Gasteiger partial charge >= 0.3 is 0 Å². The first-order valence-corrected chi connectivity index (χ1v) is 11.3. The van der Waals surface area contributed by atoms with E-state index in [1.807, 2.05) is 13.1 Å². The number of unbranched alkanes of at least 4 members (excludes halogenated alkanes) is 1. The first-order chi connectivity index (χ1) is 13.5. The molecular formula is C21H26N4OS2. The predicted octanol–water partition coefficient (Wildman–Crippen LogP) is 4.49. The van der Waals surface area contributed by atoms with Crippen molar-refractivity contribution in [3.05, 3.63) is 57.8 Å². The highest BCUT2D eigenvalue weighted by molar-refractivity contribution is 7.99. The van der Waals surface area contributed by atoms with E-state index in [9.17, 15) is 4.79 Å². The second-order valence-corrected chi connectivity index (χ2v) is 8.73. The summed E-state index contributed by atoms with van der Waals surface area (Å²) in [5.74, 6) is 0.415. The number of thioether (sulfide) groups is 1. The summed E-state index contributed by atoms with van der Waals surface area (Å²) in [4.78, 5) is 21.0. The molecule has 5 nitrogen and oxygen atoms in total. The largest absolute Gasteiger partial charge is 0.355 e. The molecule has 148 valence electrons. The Kier molecular flexibility index (Phi) is 7.28. The number of aromatic nitrogens is 3. The van der Waals surface area contributed by atoms with Crippen LogP contribution in [0.1, 0.15) is 34.7 Å². The van der Waals surface area contributed by atoms with Gasteiger partial charge in [-0.3, -0.25) is 9.36 Å². The first kappa shape index (κ1) is 20.6. The van der Waals surface area contributed by atoms with Gasteiger partial charge < -0.3 is 5.32 Å². The van der Waals surface area contributed by atoms with E-state index in [2.05, 4.69) is 57.3 Å². The number of amides is 1. The number of hydrogen-bond acceptors (Lipinski definition) is 5. The molecule has 0 aliphatic rings. The average Bonchev–Trinajstić information content (AvgIpc) is 3.30. The van der Waals surface area contributed by atoms with Gasteiger partial charge in [0.25, 0.3) is 0 Å². The minimum atomic E-state index is 0.0469. The van der Waals surface area contributed by atoms with Crippen LogP contribution in [0.3, 0.4) is 0 Å². The first-order valence-electron chi connectivity index (χ1n) is 9.44. The lowest BCUT2D eigenvalue weighted by Crippen LogP contribution is -2.26. The van der Waals surface area contributed by atoms with Crippen molar-refractivity contribution in [1.82, 2.24) is 19.9 Å². The number of carbonyl (C=O) groups is 1. The lowest BCUT2D eigenvalue weighted by Gasteiger charge is -2.11. The van der Waals surface area contributed by atoms with Crippen molar-refractivity contribution >= 4 is 29.0 Å². The van der Waals surface area contributed by atoms with Gasteiger partial charge in [-0.1, -0.05) is 23.9 Å². The van der Waals surface area contributed by atoms with Crippen molar-refractivity contribution in [3.63, 3.8) is 0 Å². The van der Waals surface area contributed by atoms with E-state index in [0.717, 1.165) is 35.8 Å². The maximum Gasteiger partial charge on any atom is 0.230 e. The molecule has 7 heteroatoms. The zero-order valence-corrected chi connectivity index (χ0v) is 18.2. The van der Waals surface area contributed by atoms with Crippen molar-refractivity contribution in [2.24, 2.45) is 0 Å². The van der Waals surface area contributed by atoms with Crippen LogP contribution >= 0.6 is 23.1 Å². The molecule has 2 heterocycles. The third-order valence-electron chi connectivity index (χ3n) is 4.37. The van der Waals surface area contributed by atoms with Crippen molar-refractivity contribution in [3.8, 4) is 5.69 Å². The summed E-state index contributed by atoms with van der Waals surface area (Å²) in [6.45, 7) is 6.89. The third kappa shape index (κ3) is 5.69. The summed E-state index contributed by atoms with van der Waals surface area (Å²) in [7, 11) is 0. The molecule has 28 heavy (non-hydrogen) atoms. The second kappa shape index (κ2) is 9.89. The quantitative estimate of drug-likeness (QED) is 0.414. The lowest BCUT2D eigenvalue weighted by atomic mass is 10.1. The van der Waals surface area contributed by atoms with Gasteiger partial charge in [-0.05, 0) is 57.2 Å². The van der Waals surface area contributed by atoms with E-state index < -0.39 is 0 Å². The number of aryl methyl sites for hydroxylation is 4. The molecule has 0 saturated heterocycles. The number of nitrogens with zero attached hydrogens (tertiary/aromatic N) is 3. The van der Waals surface area contributed by atoms with Gasteiger partial charge in [-0.2, -0.15) is 0 Å². The van der Waals surface area contributed by atoms with Crippen LogP contribution in [-0.2, 0) is 11.2 Å². The molecule has 3 aromatic rings. The highest BCUT2D eigenvalue weighted by Gasteiger charge is 2.11. The predicted molar refractivity (Wildman–Crippen MR) is 117 cm³/mol. The molecule has 1 N–H and O–H groups in total. The Hall–Kier alpha value is -2.12. The van der Waals surface area contributed by atoms with Gasteiger partial charge in [0.2, 0.25) is 5.91 Å². The van der Waals surface area contributed by atoms with Crippen LogP contribution in [0.2, 0.25) is 0 Å². The third-order valence-corrected chi connectivity index (χ3v) is 6.36. The number of nitrogens with one attached hydrogen (secondary N) is 1.